The minimum Gasteiger partial charge on any atom is -1.00 e. The van der Waals surface area contributed by atoms with E-state index in [1.165, 1.54) is 67.0 Å². The molecule has 16 heteroatoms. The van der Waals surface area contributed by atoms with Crippen LogP contribution in [0, 0.1) is 39.0 Å². The third kappa shape index (κ3) is 9.62. The Kier molecular flexibility index (Phi) is 13.9. The van der Waals surface area contributed by atoms with Crippen LogP contribution < -0.4 is 34.2 Å². The number of pyridine rings is 3. The molecule has 6 heterocycles. The molecule has 0 saturated heterocycles. The Hall–Kier alpha value is -2.60. The van der Waals surface area contributed by atoms with Crippen LogP contribution in [0.5, 0.6) is 0 Å². The number of thiazole rings is 3. The largest absolute Gasteiger partial charge is 2.00 e. The predicted molar refractivity (Wildman–Crippen MR) is 217 cm³/mol. The molecule has 0 radical (unpaired) electrons. The molecule has 1 atom stereocenters. The molecule has 278 valence electrons. The van der Waals surface area contributed by atoms with Crippen LogP contribution in [0.25, 0.3) is 31.0 Å². The van der Waals surface area contributed by atoms with Crippen molar-refractivity contribution in [3.63, 3.8) is 0 Å². The quantitative estimate of drug-likeness (QED) is 0.105. The van der Waals surface area contributed by atoms with Gasteiger partial charge in [-0.05, 0) is 77.6 Å². The van der Waals surface area contributed by atoms with Crippen molar-refractivity contribution in [1.29, 1.82) is 0 Å². The molecule has 0 aliphatic heterocycles. The van der Waals surface area contributed by atoms with Gasteiger partial charge >= 0.3 is 23.1 Å². The molecule has 7 N–H and O–H groups in total. The van der Waals surface area contributed by atoms with Crippen LogP contribution in [0.3, 0.4) is 0 Å². The summed E-state index contributed by atoms with van der Waals surface area (Å²) in [5.41, 5.74) is 23.6. The molecule has 0 bridgehead atoms. The van der Waals surface area contributed by atoms with Gasteiger partial charge in [0.1, 0.15) is 31.0 Å². The molecule has 0 aromatic carbocycles. The number of carbonyl (C=O) groups is 1. The first kappa shape index (κ1) is 43.1. The van der Waals surface area contributed by atoms with Crippen LogP contribution in [0.1, 0.15) is 103 Å². The van der Waals surface area contributed by atoms with Crippen LogP contribution in [0.15, 0.2) is 18.6 Å². The average molecular weight is 849 g/mol. The standard InChI is InChI=1S/C13H17N3S.C12H15N3OS.C9H9N3OS.C3H5.BrH.Mg/c1-7-16-11-10(13(2,3)8-4-5-8)9(14)6-15-12(11)17-7;1-6-15-10-9(12(2,16)7-3-4-7)8(13)5-14-11(10)17-6;1-4(13)7-6(10)3-11-9-8(7)12-5(2)14-9;1-2-3-1;;/h6,8H,4-5,14H2,1-3H3;5,7,16H,3-4,13H2,1-2H3;3H,10H2,1-2H3;1H,2-3H2;1H;/q;;;-1;;+2/p-1. The molecule has 6 aromatic heterocycles. The molecule has 1 unspecified atom stereocenters. The number of aromatic nitrogens is 6. The van der Waals surface area contributed by atoms with Crippen molar-refractivity contribution < 1.29 is 26.9 Å². The van der Waals surface area contributed by atoms with Gasteiger partial charge in [-0.3, -0.25) is 4.79 Å². The number of fused-ring (bicyclic) bond motifs is 3. The fraction of sp³-hybridized carbons (Fsp3) is 0.459. The van der Waals surface area contributed by atoms with Crippen LogP contribution in [0.2, 0.25) is 0 Å². The van der Waals surface area contributed by atoms with E-state index in [4.69, 9.17) is 17.2 Å². The van der Waals surface area contributed by atoms with Crippen molar-refractivity contribution >= 4 is 111 Å². The number of rotatable bonds is 5. The SMILES string of the molecule is CC(=O)c1c(N)cnc2sc(C)nc12.Cc1nc2c(C(C)(C)C3CC3)c(N)cnc2s1.Cc1nc2c(C(C)(O)C3CC3)c(N)cnc2s1.[Br-].[CH-]1CC1.[Mg+2]. The number of ketones is 1. The monoisotopic (exact) mass is 847 g/mol. The fourth-order valence-corrected chi connectivity index (χ4v) is 8.73. The van der Waals surface area contributed by atoms with E-state index in [2.05, 4.69) is 50.2 Å². The number of Topliss-reactive ketones (excluding diaryl/α,β-unsaturated/α-hetero) is 1. The summed E-state index contributed by atoms with van der Waals surface area (Å²) in [6, 6.07) is 0. The van der Waals surface area contributed by atoms with E-state index in [-0.39, 0.29) is 51.2 Å². The number of nitrogen functional groups attached to an aromatic ring is 3. The number of anilines is 3. The zero-order valence-electron chi connectivity index (χ0n) is 31.3. The summed E-state index contributed by atoms with van der Waals surface area (Å²) < 4.78 is 0. The summed E-state index contributed by atoms with van der Waals surface area (Å²) in [4.78, 5) is 40.1. The summed E-state index contributed by atoms with van der Waals surface area (Å²) in [5.74, 6) is 0.981. The van der Waals surface area contributed by atoms with Gasteiger partial charge in [-0.1, -0.05) is 47.9 Å². The molecule has 11 nitrogen and oxygen atoms in total. The second-order valence-corrected chi connectivity index (χ2v) is 17.8. The van der Waals surface area contributed by atoms with E-state index in [1.54, 1.807) is 23.7 Å². The average Bonchev–Trinajstić information content (AvgIpc) is 3.92. The van der Waals surface area contributed by atoms with E-state index in [1.807, 2.05) is 27.7 Å². The molecular weight excluding hydrogens is 803 g/mol. The zero-order valence-corrected chi connectivity index (χ0v) is 36.7. The minimum atomic E-state index is -0.883. The first-order valence-electron chi connectivity index (χ1n) is 17.2. The van der Waals surface area contributed by atoms with Crippen LogP contribution in [-0.4, -0.2) is 63.8 Å². The first-order valence-corrected chi connectivity index (χ1v) is 19.6. The number of aliphatic hydroxyl groups is 1. The number of carbonyl (C=O) groups excluding carboxylic acids is 1. The van der Waals surface area contributed by atoms with E-state index in [0.29, 0.717) is 28.4 Å². The van der Waals surface area contributed by atoms with Gasteiger partial charge in [0.15, 0.2) is 5.78 Å². The van der Waals surface area contributed by atoms with Gasteiger partial charge in [-0.15, -0.1) is 0 Å². The maximum atomic E-state index is 11.3. The normalized spacial score (nSPS) is 15.8. The topological polar surface area (TPSA) is 193 Å². The van der Waals surface area contributed by atoms with Gasteiger partial charge in [0, 0.05) is 11.1 Å². The number of nitrogens with two attached hydrogens (primary N) is 3. The van der Waals surface area contributed by atoms with Crippen molar-refractivity contribution in [3.8, 4) is 0 Å². The summed E-state index contributed by atoms with van der Waals surface area (Å²) in [5, 5.41) is 13.6. The molecular formula is C37H46BrMgN9O2S3. The van der Waals surface area contributed by atoms with Gasteiger partial charge < -0.3 is 45.7 Å². The Morgan fingerprint density at radius 3 is 1.51 bits per heavy atom. The smallest absolute Gasteiger partial charge is 1.00 e. The summed E-state index contributed by atoms with van der Waals surface area (Å²) in [6.45, 7) is 13.7. The van der Waals surface area contributed by atoms with Gasteiger partial charge in [-0.2, -0.15) is 0 Å². The zero-order chi connectivity index (χ0) is 36.8. The van der Waals surface area contributed by atoms with E-state index in [9.17, 15) is 9.90 Å². The molecule has 3 aliphatic rings. The van der Waals surface area contributed by atoms with Gasteiger partial charge in [-0.25, -0.2) is 42.7 Å². The number of hydrogen-bond donors (Lipinski definition) is 4. The van der Waals surface area contributed by atoms with Crippen molar-refractivity contribution in [2.45, 2.75) is 98.0 Å². The van der Waals surface area contributed by atoms with Crippen LogP contribution in [-0.2, 0) is 11.0 Å². The number of hydrogen-bond acceptors (Lipinski definition) is 14. The Morgan fingerprint density at radius 1 is 0.717 bits per heavy atom. The molecule has 3 fully saturated rings. The van der Waals surface area contributed by atoms with Gasteiger partial charge in [0.05, 0.1) is 61.8 Å². The molecule has 53 heavy (non-hydrogen) atoms. The number of aryl methyl sites for hydroxylation is 3. The minimum absolute atomic E-state index is 0. The second kappa shape index (κ2) is 17.0. The molecule has 3 aliphatic carbocycles. The predicted octanol–water partition coefficient (Wildman–Crippen LogP) is 4.86. The van der Waals surface area contributed by atoms with Gasteiger partial charge in [0.2, 0.25) is 0 Å². The third-order valence-electron chi connectivity index (χ3n) is 9.45. The third-order valence-corrected chi connectivity index (χ3v) is 12.1. The summed E-state index contributed by atoms with van der Waals surface area (Å²) >= 11 is 4.64. The van der Waals surface area contributed by atoms with Crippen LogP contribution in [0.4, 0.5) is 17.1 Å². The Labute approximate surface area is 349 Å². The number of halogens is 1. The summed E-state index contributed by atoms with van der Waals surface area (Å²) in [7, 11) is 0. The number of nitrogens with zero attached hydrogens (tertiary/aromatic N) is 6. The Bertz CT molecular complexity index is 2130. The van der Waals surface area contributed by atoms with Crippen molar-refractivity contribution in [2.75, 3.05) is 17.2 Å². The Morgan fingerprint density at radius 2 is 1.09 bits per heavy atom. The van der Waals surface area contributed by atoms with Crippen LogP contribution >= 0.6 is 34.0 Å². The van der Waals surface area contributed by atoms with E-state index < -0.39 is 5.60 Å². The molecule has 0 amide bonds. The molecule has 9 rings (SSSR count). The van der Waals surface area contributed by atoms with E-state index >= 15 is 0 Å². The van der Waals surface area contributed by atoms with Crippen molar-refractivity contribution in [2.24, 2.45) is 11.8 Å². The van der Waals surface area contributed by atoms with Gasteiger partial charge in [0.25, 0.3) is 0 Å². The molecule has 0 spiro atoms. The maximum absolute atomic E-state index is 11.3. The fourth-order valence-electron chi connectivity index (χ4n) is 6.43. The van der Waals surface area contributed by atoms with E-state index in [0.717, 1.165) is 70.6 Å². The molecule has 6 aromatic rings. The maximum Gasteiger partial charge on any atom is 2.00 e. The summed E-state index contributed by atoms with van der Waals surface area (Å²) in [6.07, 6.45) is 14.7. The Balaban J connectivity index is 0.000000168. The van der Waals surface area contributed by atoms with Crippen molar-refractivity contribution in [1.82, 2.24) is 29.9 Å². The second-order valence-electron chi connectivity index (χ2n) is 14.3. The first-order chi connectivity index (χ1) is 24.1. The van der Waals surface area contributed by atoms with Crippen molar-refractivity contribution in [3.05, 3.63) is 56.7 Å². The molecule has 3 saturated carbocycles.